The molecule has 0 fully saturated rings. The number of fused-ring (bicyclic) bond motifs is 1. The molecule has 7 nitrogen and oxygen atoms in total. The molecule has 0 spiro atoms. The predicted octanol–water partition coefficient (Wildman–Crippen LogP) is 1.87. The molecule has 0 unspecified atom stereocenters. The molecule has 20 heavy (non-hydrogen) atoms. The van der Waals surface area contributed by atoms with E-state index in [-0.39, 0.29) is 5.69 Å². The fraction of sp³-hybridized carbons (Fsp3) is 0.167. The first-order valence-electron chi connectivity index (χ1n) is 5.97. The van der Waals surface area contributed by atoms with E-state index in [4.69, 9.17) is 5.73 Å². The van der Waals surface area contributed by atoms with Crippen LogP contribution in [-0.2, 0) is 6.42 Å². The molecule has 0 saturated heterocycles. The van der Waals surface area contributed by atoms with Gasteiger partial charge < -0.3 is 5.73 Å². The van der Waals surface area contributed by atoms with Crippen LogP contribution in [0.4, 0.5) is 5.69 Å². The van der Waals surface area contributed by atoms with Gasteiger partial charge in [0.2, 0.25) is 4.96 Å². The smallest absolute Gasteiger partial charge is 0.269 e. The highest BCUT2D eigenvalue weighted by molar-refractivity contribution is 7.15. The Labute approximate surface area is 117 Å². The van der Waals surface area contributed by atoms with E-state index in [1.54, 1.807) is 12.1 Å². The standard InChI is InChI=1S/C12H11N5O2S/c13-6-5-11-14-15-12-16(11)10(7-20-12)8-1-3-9(4-2-8)17(18)19/h1-4,7H,5-6,13H2. The van der Waals surface area contributed by atoms with E-state index >= 15 is 0 Å². The minimum Gasteiger partial charge on any atom is -0.330 e. The van der Waals surface area contributed by atoms with E-state index in [0.717, 1.165) is 22.0 Å². The van der Waals surface area contributed by atoms with E-state index in [9.17, 15) is 10.1 Å². The van der Waals surface area contributed by atoms with E-state index in [0.29, 0.717) is 13.0 Å². The van der Waals surface area contributed by atoms with Gasteiger partial charge in [0.05, 0.1) is 10.6 Å². The second kappa shape index (κ2) is 4.99. The van der Waals surface area contributed by atoms with Crippen LogP contribution in [0, 0.1) is 10.1 Å². The summed E-state index contributed by atoms with van der Waals surface area (Å²) in [6, 6.07) is 6.44. The highest BCUT2D eigenvalue weighted by Gasteiger charge is 2.13. The summed E-state index contributed by atoms with van der Waals surface area (Å²) in [6.07, 6.45) is 0.637. The van der Waals surface area contributed by atoms with Gasteiger partial charge in [0.15, 0.2) is 0 Å². The predicted molar refractivity (Wildman–Crippen MR) is 75.7 cm³/mol. The van der Waals surface area contributed by atoms with Crippen molar-refractivity contribution in [3.05, 3.63) is 45.6 Å². The summed E-state index contributed by atoms with van der Waals surface area (Å²) in [4.78, 5) is 11.1. The number of hydrogen-bond acceptors (Lipinski definition) is 6. The summed E-state index contributed by atoms with van der Waals surface area (Å²) in [5.41, 5.74) is 7.46. The van der Waals surface area contributed by atoms with Gasteiger partial charge in [-0.05, 0) is 24.2 Å². The van der Waals surface area contributed by atoms with Crippen LogP contribution >= 0.6 is 11.3 Å². The Balaban J connectivity index is 2.09. The Hall–Kier alpha value is -2.32. The number of thiazole rings is 1. The molecule has 3 aromatic rings. The number of nitrogens with two attached hydrogens (primary N) is 1. The Morgan fingerprint density at radius 3 is 2.70 bits per heavy atom. The average Bonchev–Trinajstić information content (AvgIpc) is 3.02. The third-order valence-electron chi connectivity index (χ3n) is 2.96. The maximum absolute atomic E-state index is 10.7. The summed E-state index contributed by atoms with van der Waals surface area (Å²) < 4.78 is 1.94. The van der Waals surface area contributed by atoms with Gasteiger partial charge in [0.25, 0.3) is 5.69 Å². The number of nitrogens with zero attached hydrogens (tertiary/aromatic N) is 4. The fourth-order valence-electron chi connectivity index (χ4n) is 2.02. The van der Waals surface area contributed by atoms with Crippen LogP contribution in [0.25, 0.3) is 16.2 Å². The van der Waals surface area contributed by atoms with Gasteiger partial charge in [-0.2, -0.15) is 0 Å². The Morgan fingerprint density at radius 2 is 2.05 bits per heavy atom. The van der Waals surface area contributed by atoms with Gasteiger partial charge >= 0.3 is 0 Å². The lowest BCUT2D eigenvalue weighted by Gasteiger charge is -2.02. The third-order valence-corrected chi connectivity index (χ3v) is 3.78. The lowest BCUT2D eigenvalue weighted by Crippen LogP contribution is -2.06. The van der Waals surface area contributed by atoms with Crippen molar-refractivity contribution in [1.82, 2.24) is 14.6 Å². The number of benzene rings is 1. The molecule has 0 atom stereocenters. The minimum absolute atomic E-state index is 0.0751. The second-order valence-electron chi connectivity index (χ2n) is 4.20. The van der Waals surface area contributed by atoms with Crippen LogP contribution < -0.4 is 5.73 Å². The zero-order valence-corrected chi connectivity index (χ0v) is 11.2. The Bertz CT molecular complexity index is 762. The highest BCUT2D eigenvalue weighted by atomic mass is 32.1. The van der Waals surface area contributed by atoms with Crippen LogP contribution in [0.3, 0.4) is 0 Å². The van der Waals surface area contributed by atoms with Crippen LogP contribution in [0.1, 0.15) is 5.82 Å². The number of non-ortho nitro benzene ring substituents is 1. The summed E-state index contributed by atoms with van der Waals surface area (Å²) in [5, 5.41) is 20.9. The van der Waals surface area contributed by atoms with Gasteiger partial charge in [0.1, 0.15) is 5.82 Å². The maximum Gasteiger partial charge on any atom is 0.269 e. The summed E-state index contributed by atoms with van der Waals surface area (Å²) >= 11 is 1.48. The van der Waals surface area contributed by atoms with E-state index < -0.39 is 4.92 Å². The van der Waals surface area contributed by atoms with Crippen LogP contribution in [0.15, 0.2) is 29.6 Å². The number of nitro groups is 1. The molecule has 0 aliphatic carbocycles. The van der Waals surface area contributed by atoms with Gasteiger partial charge in [-0.3, -0.25) is 14.5 Å². The first-order chi connectivity index (χ1) is 9.70. The Morgan fingerprint density at radius 1 is 1.30 bits per heavy atom. The van der Waals surface area contributed by atoms with Crippen molar-refractivity contribution >= 4 is 22.0 Å². The van der Waals surface area contributed by atoms with Gasteiger partial charge in [-0.15, -0.1) is 21.5 Å². The molecule has 3 rings (SSSR count). The largest absolute Gasteiger partial charge is 0.330 e. The van der Waals surface area contributed by atoms with Crippen LogP contribution in [-0.4, -0.2) is 26.1 Å². The quantitative estimate of drug-likeness (QED) is 0.584. The molecular formula is C12H11N5O2S. The summed E-state index contributed by atoms with van der Waals surface area (Å²) in [6.45, 7) is 0.496. The zero-order valence-electron chi connectivity index (χ0n) is 10.4. The molecule has 0 saturated carbocycles. The van der Waals surface area contributed by atoms with E-state index in [2.05, 4.69) is 10.2 Å². The van der Waals surface area contributed by atoms with Crippen molar-refractivity contribution < 1.29 is 4.92 Å². The topological polar surface area (TPSA) is 99.3 Å². The van der Waals surface area contributed by atoms with Gasteiger partial charge in [-0.25, -0.2) is 0 Å². The lowest BCUT2D eigenvalue weighted by atomic mass is 10.1. The molecule has 1 aromatic carbocycles. The molecule has 0 bridgehead atoms. The number of aromatic nitrogens is 3. The third kappa shape index (κ3) is 2.04. The maximum atomic E-state index is 10.7. The van der Waals surface area contributed by atoms with E-state index in [1.165, 1.54) is 23.5 Å². The van der Waals surface area contributed by atoms with E-state index in [1.807, 2.05) is 9.78 Å². The van der Waals surface area contributed by atoms with Crippen molar-refractivity contribution in [3.63, 3.8) is 0 Å². The number of hydrogen-bond donors (Lipinski definition) is 1. The lowest BCUT2D eigenvalue weighted by molar-refractivity contribution is -0.384. The molecule has 0 aliphatic rings. The fourth-order valence-corrected chi connectivity index (χ4v) is 2.88. The minimum atomic E-state index is -0.411. The summed E-state index contributed by atoms with van der Waals surface area (Å²) in [7, 11) is 0. The highest BCUT2D eigenvalue weighted by Crippen LogP contribution is 2.27. The molecule has 2 heterocycles. The molecule has 2 aromatic heterocycles. The summed E-state index contributed by atoms with van der Waals surface area (Å²) in [5.74, 6) is 0.803. The second-order valence-corrected chi connectivity index (χ2v) is 5.03. The first-order valence-corrected chi connectivity index (χ1v) is 6.85. The monoisotopic (exact) mass is 289 g/mol. The van der Waals surface area contributed by atoms with Crippen molar-refractivity contribution in [1.29, 1.82) is 0 Å². The van der Waals surface area contributed by atoms with Crippen LogP contribution in [0.2, 0.25) is 0 Å². The van der Waals surface area contributed by atoms with Gasteiger partial charge in [-0.1, -0.05) is 0 Å². The van der Waals surface area contributed by atoms with Crippen molar-refractivity contribution in [2.75, 3.05) is 6.54 Å². The molecule has 0 aliphatic heterocycles. The molecular weight excluding hydrogens is 278 g/mol. The molecule has 102 valence electrons. The zero-order chi connectivity index (χ0) is 14.1. The first kappa shape index (κ1) is 12.7. The molecule has 0 radical (unpaired) electrons. The normalized spacial score (nSPS) is 11.1. The van der Waals surface area contributed by atoms with Crippen molar-refractivity contribution in [3.8, 4) is 11.3 Å². The SMILES string of the molecule is NCCc1nnc2scc(-c3ccc([N+](=O)[O-])cc3)n12. The molecule has 2 N–H and O–H groups in total. The molecule has 0 amide bonds. The molecule has 8 heteroatoms. The Kier molecular flexibility index (Phi) is 3.17. The van der Waals surface area contributed by atoms with Crippen LogP contribution in [0.5, 0.6) is 0 Å². The van der Waals surface area contributed by atoms with Crippen molar-refractivity contribution in [2.45, 2.75) is 6.42 Å². The van der Waals surface area contributed by atoms with Crippen molar-refractivity contribution in [2.24, 2.45) is 5.73 Å². The number of rotatable bonds is 4. The number of nitro benzene ring substituents is 1. The van der Waals surface area contributed by atoms with Gasteiger partial charge in [0, 0.05) is 23.9 Å². The average molecular weight is 289 g/mol.